The lowest BCUT2D eigenvalue weighted by molar-refractivity contribution is 0.428. The lowest BCUT2D eigenvalue weighted by Gasteiger charge is -2.19. The van der Waals surface area contributed by atoms with Crippen molar-refractivity contribution >= 4 is 17.1 Å². The van der Waals surface area contributed by atoms with Gasteiger partial charge in [0.1, 0.15) is 5.52 Å². The van der Waals surface area contributed by atoms with Gasteiger partial charge in [0.15, 0.2) is 5.65 Å². The minimum absolute atomic E-state index is 0.421. The lowest BCUT2D eigenvalue weighted by atomic mass is 10.0. The van der Waals surface area contributed by atoms with Crippen LogP contribution in [0.5, 0.6) is 0 Å². The Morgan fingerprint density at radius 3 is 2.74 bits per heavy atom. The second-order valence-corrected chi connectivity index (χ2v) is 5.28. The maximum Gasteiger partial charge on any atom is 0.202 e. The molecular formula is C15H24N4. The first-order chi connectivity index (χ1) is 9.17. The Hall–Kier alpha value is -1.58. The molecule has 0 aromatic carbocycles. The number of hydrogen-bond donors (Lipinski definition) is 1. The minimum Gasteiger partial charge on any atom is -0.369 e. The fourth-order valence-corrected chi connectivity index (χ4v) is 2.64. The van der Waals surface area contributed by atoms with E-state index in [2.05, 4.69) is 34.4 Å². The fourth-order valence-electron chi connectivity index (χ4n) is 2.64. The molecule has 1 atom stereocenters. The van der Waals surface area contributed by atoms with E-state index in [-0.39, 0.29) is 0 Å². The van der Waals surface area contributed by atoms with Crippen molar-refractivity contribution < 1.29 is 0 Å². The number of imidazole rings is 1. The molecule has 2 heterocycles. The summed E-state index contributed by atoms with van der Waals surface area (Å²) in [7, 11) is 0. The average Bonchev–Trinajstić information content (AvgIpc) is 2.69. The van der Waals surface area contributed by atoms with E-state index >= 15 is 0 Å². The van der Waals surface area contributed by atoms with Crippen LogP contribution >= 0.6 is 0 Å². The molecule has 0 spiro atoms. The van der Waals surface area contributed by atoms with Gasteiger partial charge in [0.05, 0.1) is 0 Å². The fraction of sp³-hybridized carbons (Fsp3) is 0.600. The van der Waals surface area contributed by atoms with E-state index in [1.807, 2.05) is 13.1 Å². The number of fused-ring (bicyclic) bond motifs is 1. The molecule has 4 nitrogen and oxygen atoms in total. The largest absolute Gasteiger partial charge is 0.369 e. The molecule has 0 aliphatic carbocycles. The van der Waals surface area contributed by atoms with Gasteiger partial charge in [-0.15, -0.1) is 0 Å². The van der Waals surface area contributed by atoms with Gasteiger partial charge in [0, 0.05) is 12.2 Å². The summed E-state index contributed by atoms with van der Waals surface area (Å²) < 4.78 is 2.13. The van der Waals surface area contributed by atoms with Crippen molar-refractivity contribution in [2.75, 3.05) is 5.73 Å². The van der Waals surface area contributed by atoms with Crippen LogP contribution in [0.2, 0.25) is 0 Å². The van der Waals surface area contributed by atoms with Crippen molar-refractivity contribution in [3.63, 3.8) is 0 Å². The maximum absolute atomic E-state index is 6.12. The quantitative estimate of drug-likeness (QED) is 0.858. The second-order valence-electron chi connectivity index (χ2n) is 5.28. The molecule has 4 heteroatoms. The van der Waals surface area contributed by atoms with Crippen LogP contribution in [-0.4, -0.2) is 14.5 Å². The van der Waals surface area contributed by atoms with Crippen LogP contribution in [0.4, 0.5) is 5.95 Å². The molecule has 2 N–H and O–H groups in total. The number of hydrogen-bond acceptors (Lipinski definition) is 3. The molecular weight excluding hydrogens is 236 g/mol. The normalized spacial score (nSPS) is 13.0. The van der Waals surface area contributed by atoms with Crippen LogP contribution < -0.4 is 5.73 Å². The number of nitrogens with two attached hydrogens (primary N) is 1. The number of nitrogen functional groups attached to an aromatic ring is 1. The summed E-state index contributed by atoms with van der Waals surface area (Å²) in [6.45, 7) is 6.47. The van der Waals surface area contributed by atoms with Crippen molar-refractivity contribution in [2.45, 2.75) is 58.9 Å². The Kier molecular flexibility index (Phi) is 4.40. The molecule has 2 rings (SSSR count). The van der Waals surface area contributed by atoms with Crippen LogP contribution in [-0.2, 0) is 0 Å². The van der Waals surface area contributed by atoms with Gasteiger partial charge >= 0.3 is 0 Å². The number of rotatable bonds is 6. The molecule has 0 radical (unpaired) electrons. The Morgan fingerprint density at radius 2 is 2.05 bits per heavy atom. The molecule has 1 unspecified atom stereocenters. The van der Waals surface area contributed by atoms with Crippen LogP contribution in [0.3, 0.4) is 0 Å². The number of anilines is 1. The molecule has 0 aliphatic rings. The molecule has 2 aromatic rings. The highest BCUT2D eigenvalue weighted by Crippen LogP contribution is 2.28. The minimum atomic E-state index is 0.421. The van der Waals surface area contributed by atoms with Crippen molar-refractivity contribution in [2.24, 2.45) is 0 Å². The van der Waals surface area contributed by atoms with Gasteiger partial charge in [0.25, 0.3) is 0 Å². The highest BCUT2D eigenvalue weighted by atomic mass is 15.2. The summed E-state index contributed by atoms with van der Waals surface area (Å²) in [5, 5.41) is 0. The van der Waals surface area contributed by atoms with Crippen LogP contribution in [0, 0.1) is 6.92 Å². The zero-order chi connectivity index (χ0) is 13.8. The monoisotopic (exact) mass is 260 g/mol. The average molecular weight is 260 g/mol. The SMILES string of the molecule is CCCCC(CCC)n1c(N)nc2cc(C)cnc21. The molecule has 104 valence electrons. The van der Waals surface area contributed by atoms with E-state index in [0.717, 1.165) is 36.0 Å². The highest BCUT2D eigenvalue weighted by Gasteiger charge is 2.17. The topological polar surface area (TPSA) is 56.7 Å². The summed E-state index contributed by atoms with van der Waals surface area (Å²) in [6, 6.07) is 2.48. The van der Waals surface area contributed by atoms with Crippen molar-refractivity contribution in [1.29, 1.82) is 0 Å². The predicted octanol–water partition coefficient (Wildman–Crippen LogP) is 3.85. The van der Waals surface area contributed by atoms with Gasteiger partial charge < -0.3 is 5.73 Å². The third-order valence-corrected chi connectivity index (χ3v) is 3.57. The van der Waals surface area contributed by atoms with Gasteiger partial charge in [-0.25, -0.2) is 9.97 Å². The zero-order valence-electron chi connectivity index (χ0n) is 12.2. The maximum atomic E-state index is 6.12. The number of unbranched alkanes of at least 4 members (excludes halogenated alkanes) is 1. The summed E-state index contributed by atoms with van der Waals surface area (Å²) in [5.74, 6) is 0.600. The summed E-state index contributed by atoms with van der Waals surface area (Å²) >= 11 is 0. The van der Waals surface area contributed by atoms with E-state index in [4.69, 9.17) is 5.73 Å². The summed E-state index contributed by atoms with van der Waals surface area (Å²) in [4.78, 5) is 9.00. The van der Waals surface area contributed by atoms with Crippen molar-refractivity contribution in [1.82, 2.24) is 14.5 Å². The second kappa shape index (κ2) is 6.04. The zero-order valence-corrected chi connectivity index (χ0v) is 12.2. The Bertz CT molecular complexity index is 544. The molecule has 0 amide bonds. The van der Waals surface area contributed by atoms with Gasteiger partial charge in [-0.1, -0.05) is 33.1 Å². The third-order valence-electron chi connectivity index (χ3n) is 3.57. The van der Waals surface area contributed by atoms with E-state index in [1.54, 1.807) is 0 Å². The first-order valence-electron chi connectivity index (χ1n) is 7.27. The number of aromatic nitrogens is 3. The first-order valence-corrected chi connectivity index (χ1v) is 7.27. The molecule has 19 heavy (non-hydrogen) atoms. The number of pyridine rings is 1. The summed E-state index contributed by atoms with van der Waals surface area (Å²) in [6.07, 6.45) is 7.75. The van der Waals surface area contributed by atoms with E-state index in [1.165, 1.54) is 12.8 Å². The van der Waals surface area contributed by atoms with E-state index in [0.29, 0.717) is 12.0 Å². The van der Waals surface area contributed by atoms with Gasteiger partial charge in [-0.2, -0.15) is 0 Å². The molecule has 0 saturated heterocycles. The predicted molar refractivity (Wildman–Crippen MR) is 80.1 cm³/mol. The van der Waals surface area contributed by atoms with Crippen molar-refractivity contribution in [3.05, 3.63) is 17.8 Å². The van der Waals surface area contributed by atoms with Gasteiger partial charge in [-0.05, 0) is 31.4 Å². The van der Waals surface area contributed by atoms with E-state index < -0.39 is 0 Å². The smallest absolute Gasteiger partial charge is 0.202 e. The molecule has 0 bridgehead atoms. The lowest BCUT2D eigenvalue weighted by Crippen LogP contribution is -2.12. The standard InChI is InChI=1S/C15H24N4/c1-4-6-8-12(7-5-2)19-14-13(18-15(19)16)9-11(3)10-17-14/h9-10,12H,4-8H2,1-3H3,(H2,16,18). The molecule has 2 aromatic heterocycles. The summed E-state index contributed by atoms with van der Waals surface area (Å²) in [5.41, 5.74) is 9.08. The van der Waals surface area contributed by atoms with Crippen LogP contribution in [0.1, 0.15) is 57.6 Å². The molecule has 0 fully saturated rings. The first kappa shape index (κ1) is 13.8. The Labute approximate surface area is 115 Å². The highest BCUT2D eigenvalue weighted by molar-refractivity contribution is 5.74. The third kappa shape index (κ3) is 2.88. The number of aryl methyl sites for hydroxylation is 1. The molecule has 0 aliphatic heterocycles. The number of nitrogens with zero attached hydrogens (tertiary/aromatic N) is 3. The van der Waals surface area contributed by atoms with Crippen LogP contribution in [0.15, 0.2) is 12.3 Å². The Balaban J connectivity index is 2.42. The molecule has 0 saturated carbocycles. The van der Waals surface area contributed by atoms with Crippen LogP contribution in [0.25, 0.3) is 11.2 Å². The van der Waals surface area contributed by atoms with E-state index in [9.17, 15) is 0 Å². The Morgan fingerprint density at radius 1 is 1.26 bits per heavy atom. The van der Waals surface area contributed by atoms with Gasteiger partial charge in [-0.3, -0.25) is 4.57 Å². The van der Waals surface area contributed by atoms with Crippen molar-refractivity contribution in [3.8, 4) is 0 Å². The van der Waals surface area contributed by atoms with Gasteiger partial charge in [0.2, 0.25) is 5.95 Å².